The van der Waals surface area contributed by atoms with Crippen LogP contribution in [0, 0.1) is 0 Å². The molecule has 0 unspecified atom stereocenters. The average Bonchev–Trinajstić information content (AvgIpc) is 2.55. The summed E-state index contributed by atoms with van der Waals surface area (Å²) >= 11 is 1.84. The number of nitrogens with one attached hydrogen (secondary N) is 2. The van der Waals surface area contributed by atoms with E-state index >= 15 is 0 Å². The van der Waals surface area contributed by atoms with Crippen molar-refractivity contribution in [3.8, 4) is 0 Å². The molecule has 0 saturated heterocycles. The summed E-state index contributed by atoms with van der Waals surface area (Å²) in [6.45, 7) is 13.6. The third kappa shape index (κ3) is 4.05. The number of fused-ring (bicyclic) bond motifs is 1. The molecular formula is C11H21N5SSi2. The van der Waals surface area contributed by atoms with Crippen LogP contribution in [0.1, 0.15) is 0 Å². The van der Waals surface area contributed by atoms with Gasteiger partial charge in [0.2, 0.25) is 0 Å². The van der Waals surface area contributed by atoms with Gasteiger partial charge in [-0.25, -0.2) is 15.0 Å². The van der Waals surface area contributed by atoms with E-state index in [2.05, 4.69) is 64.2 Å². The SMILES string of the molecule is C[Si](C)(C)Nc1ncnc2nc(S[Si](C)(C)C)[nH]c12. The highest BCUT2D eigenvalue weighted by Crippen LogP contribution is 2.29. The summed E-state index contributed by atoms with van der Waals surface area (Å²) in [5, 5.41) is 0.952. The monoisotopic (exact) mass is 311 g/mol. The van der Waals surface area contributed by atoms with Crippen LogP contribution < -0.4 is 4.98 Å². The van der Waals surface area contributed by atoms with Crippen LogP contribution in [0.4, 0.5) is 5.82 Å². The lowest BCUT2D eigenvalue weighted by Gasteiger charge is -2.18. The zero-order chi connectivity index (χ0) is 14.3. The van der Waals surface area contributed by atoms with Crippen molar-refractivity contribution in [2.75, 3.05) is 4.98 Å². The Balaban J connectivity index is 2.39. The molecule has 0 fully saturated rings. The fourth-order valence-corrected chi connectivity index (χ4v) is 5.39. The second-order valence-electron chi connectivity index (χ2n) is 6.55. The van der Waals surface area contributed by atoms with E-state index in [1.807, 2.05) is 11.2 Å². The first-order valence-electron chi connectivity index (χ1n) is 6.32. The van der Waals surface area contributed by atoms with E-state index in [0.717, 1.165) is 22.1 Å². The van der Waals surface area contributed by atoms with Crippen LogP contribution in [0.25, 0.3) is 11.2 Å². The summed E-state index contributed by atoms with van der Waals surface area (Å²) in [6.07, 6.45) is 1.58. The lowest BCUT2D eigenvalue weighted by Crippen LogP contribution is -2.32. The van der Waals surface area contributed by atoms with Crippen molar-refractivity contribution in [3.05, 3.63) is 6.33 Å². The molecule has 0 amide bonds. The molecule has 2 aromatic heterocycles. The maximum atomic E-state index is 4.56. The molecule has 0 bridgehead atoms. The summed E-state index contributed by atoms with van der Waals surface area (Å²) in [5.74, 6) is 0.874. The molecule has 0 aliphatic carbocycles. The smallest absolute Gasteiger partial charge is 0.183 e. The second-order valence-corrected chi connectivity index (χ2v) is 20.4. The largest absolute Gasteiger partial charge is 0.394 e. The van der Waals surface area contributed by atoms with E-state index in [9.17, 15) is 0 Å². The Morgan fingerprint density at radius 2 is 1.79 bits per heavy atom. The number of hydrogen-bond acceptors (Lipinski definition) is 5. The quantitative estimate of drug-likeness (QED) is 0.846. The van der Waals surface area contributed by atoms with E-state index in [-0.39, 0.29) is 0 Å². The summed E-state index contributed by atoms with van der Waals surface area (Å²) in [4.78, 5) is 20.0. The van der Waals surface area contributed by atoms with Crippen molar-refractivity contribution >= 4 is 43.7 Å². The number of hydrogen-bond donors (Lipinski definition) is 2. The van der Waals surface area contributed by atoms with Gasteiger partial charge in [-0.15, -0.1) is 11.2 Å². The molecule has 0 aliphatic heterocycles. The van der Waals surface area contributed by atoms with E-state index in [1.165, 1.54) is 0 Å². The minimum absolute atomic E-state index is 0.747. The predicted molar refractivity (Wildman–Crippen MR) is 87.9 cm³/mol. The zero-order valence-corrected chi connectivity index (χ0v) is 15.1. The number of imidazole rings is 1. The summed E-state index contributed by atoms with van der Waals surface area (Å²) < 4.78 is 0. The maximum Gasteiger partial charge on any atom is 0.183 e. The van der Waals surface area contributed by atoms with Crippen LogP contribution in [0.2, 0.25) is 39.3 Å². The minimum atomic E-state index is -1.44. The van der Waals surface area contributed by atoms with E-state index < -0.39 is 15.5 Å². The second kappa shape index (κ2) is 4.91. The van der Waals surface area contributed by atoms with E-state index in [0.29, 0.717) is 0 Å². The van der Waals surface area contributed by atoms with Gasteiger partial charge in [-0.2, -0.15) is 0 Å². The first-order valence-corrected chi connectivity index (χ1v) is 14.9. The Kier molecular flexibility index (Phi) is 3.76. The molecule has 104 valence electrons. The van der Waals surface area contributed by atoms with Gasteiger partial charge in [0.25, 0.3) is 0 Å². The van der Waals surface area contributed by atoms with Gasteiger partial charge in [-0.1, -0.05) is 39.3 Å². The van der Waals surface area contributed by atoms with Crippen molar-refractivity contribution in [1.82, 2.24) is 19.9 Å². The molecule has 2 N–H and O–H groups in total. The zero-order valence-electron chi connectivity index (χ0n) is 12.3. The van der Waals surface area contributed by atoms with Crippen molar-refractivity contribution in [1.29, 1.82) is 0 Å². The lowest BCUT2D eigenvalue weighted by molar-refractivity contribution is 1.08. The minimum Gasteiger partial charge on any atom is -0.394 e. The highest BCUT2D eigenvalue weighted by Gasteiger charge is 2.20. The Bertz CT molecular complexity index is 585. The van der Waals surface area contributed by atoms with Crippen molar-refractivity contribution < 1.29 is 0 Å². The maximum absolute atomic E-state index is 4.56. The van der Waals surface area contributed by atoms with Crippen LogP contribution in [-0.2, 0) is 0 Å². The van der Waals surface area contributed by atoms with Gasteiger partial charge in [0.1, 0.15) is 33.1 Å². The van der Waals surface area contributed by atoms with Gasteiger partial charge in [-0.05, 0) is 0 Å². The topological polar surface area (TPSA) is 66.5 Å². The molecule has 0 saturated carbocycles. The summed E-state index contributed by atoms with van der Waals surface area (Å²) in [5.41, 5.74) is 1.67. The number of aromatic nitrogens is 4. The van der Waals surface area contributed by atoms with Crippen LogP contribution >= 0.6 is 11.2 Å². The molecule has 0 aromatic carbocycles. The number of H-pyrrole nitrogens is 1. The first-order chi connectivity index (χ1) is 8.64. The highest BCUT2D eigenvalue weighted by molar-refractivity contribution is 8.28. The normalized spacial score (nSPS) is 12.9. The van der Waals surface area contributed by atoms with E-state index in [4.69, 9.17) is 0 Å². The molecule has 2 heterocycles. The fraction of sp³-hybridized carbons (Fsp3) is 0.545. The Hall–Kier alpha value is -0.866. The van der Waals surface area contributed by atoms with Gasteiger partial charge in [0.05, 0.1) is 0 Å². The number of nitrogens with zero attached hydrogens (tertiary/aromatic N) is 3. The molecule has 0 aliphatic rings. The molecule has 8 heteroatoms. The first kappa shape index (κ1) is 14.5. The van der Waals surface area contributed by atoms with Crippen LogP contribution in [0.5, 0.6) is 0 Å². The molecule has 0 atom stereocenters. The number of rotatable bonds is 4. The molecule has 2 aromatic rings. The molecule has 5 nitrogen and oxygen atoms in total. The van der Waals surface area contributed by atoms with Crippen molar-refractivity contribution in [2.45, 2.75) is 44.4 Å². The third-order valence-electron chi connectivity index (χ3n) is 2.16. The third-order valence-corrected chi connectivity index (χ3v) is 6.57. The van der Waals surface area contributed by atoms with Gasteiger partial charge in [-0.3, -0.25) is 0 Å². The Morgan fingerprint density at radius 1 is 1.11 bits per heavy atom. The van der Waals surface area contributed by atoms with Crippen LogP contribution in [0.3, 0.4) is 0 Å². The van der Waals surface area contributed by atoms with Gasteiger partial charge >= 0.3 is 0 Å². The molecule has 19 heavy (non-hydrogen) atoms. The Labute approximate surface area is 119 Å². The molecular weight excluding hydrogens is 290 g/mol. The highest BCUT2D eigenvalue weighted by atomic mass is 32.4. The van der Waals surface area contributed by atoms with Gasteiger partial charge in [0, 0.05) is 0 Å². The molecule has 0 spiro atoms. The van der Waals surface area contributed by atoms with Gasteiger partial charge < -0.3 is 9.97 Å². The standard InChI is InChI=1S/C11H21N5SSi2/c1-18(2,3)16-10-8-9(12-7-13-10)15-11(14-8)17-19(4,5)6/h7H,1-6H3,(H2,12,13,14,15,16). The van der Waals surface area contributed by atoms with Crippen LogP contribution in [-0.4, -0.2) is 35.4 Å². The Morgan fingerprint density at radius 3 is 2.37 bits per heavy atom. The lowest BCUT2D eigenvalue weighted by atomic mass is 10.5. The average molecular weight is 312 g/mol. The van der Waals surface area contributed by atoms with Gasteiger partial charge in [0.15, 0.2) is 10.8 Å². The summed E-state index contributed by atoms with van der Waals surface area (Å²) in [6, 6.07) is 0. The van der Waals surface area contributed by atoms with Crippen molar-refractivity contribution in [3.63, 3.8) is 0 Å². The van der Waals surface area contributed by atoms with Crippen molar-refractivity contribution in [2.24, 2.45) is 0 Å². The molecule has 2 rings (SSSR count). The van der Waals surface area contributed by atoms with Crippen LogP contribution in [0.15, 0.2) is 11.5 Å². The number of aromatic amines is 1. The predicted octanol–water partition coefficient (Wildman–Crippen LogP) is 3.53. The molecule has 0 radical (unpaired) electrons. The summed E-state index contributed by atoms with van der Waals surface area (Å²) in [7, 11) is -2.70. The fourth-order valence-electron chi connectivity index (χ4n) is 1.60. The van der Waals surface area contributed by atoms with E-state index in [1.54, 1.807) is 6.33 Å². The number of anilines is 1.